The Morgan fingerprint density at radius 3 is 1.06 bits per heavy atom. The molecule has 14 rings (SSSR count). The minimum Gasteiger partial charge on any atom is -0.310 e. The van der Waals surface area contributed by atoms with Crippen molar-refractivity contribution in [3.8, 4) is 118 Å². The van der Waals surface area contributed by atoms with Crippen LogP contribution in [0.5, 0.6) is 0 Å². The quantitative estimate of drug-likeness (QED) is 0.130. The summed E-state index contributed by atoms with van der Waals surface area (Å²) in [5.74, 6) is 1.83. The highest BCUT2D eigenvalue weighted by molar-refractivity contribution is 5.91. The van der Waals surface area contributed by atoms with Gasteiger partial charge in [-0.25, -0.2) is 15.0 Å². The predicted molar refractivity (Wildman–Crippen MR) is 328 cm³/mol. The Balaban J connectivity index is 0.821. The minimum absolute atomic E-state index is 0.608. The maximum atomic E-state index is 5.31. The highest BCUT2D eigenvalue weighted by atomic mass is 15.0. The molecule has 0 bridgehead atoms. The SMILES string of the molecule is C1=Cc2c(c3ccccc3n2-c2cccc(-c3nc(-c4ccc(-c5cccc(-c6cccc(-c7cccc(-c8ccccc8)c7)c6)c5)cc4)nc(-c4cccc(-c5cccc(-c6cccc(-c7ccccc7)c6)c5)c4)n3)c2)CC1. The summed E-state index contributed by atoms with van der Waals surface area (Å²) in [7, 11) is 0. The molecule has 2 aromatic heterocycles. The standard InChI is InChI=1S/C75H52N4/c1-3-18-51(19-4-1)55-22-11-25-58(44-55)61-28-14-29-62(47-61)60-27-13-24-57(46-60)53-40-42-54(43-41-53)73-76-74(78-75(77-73)67-34-17-35-68(50-67)79-71-38-9-7-36-69(71)70-37-8-10-39-72(70)79)66-33-16-32-65(49-66)64-31-15-30-63(48-64)59-26-12-23-56(45-59)52-20-5-2-6-21-52/h1-7,9-36,38-50H,8,37H2. The fourth-order valence-corrected chi connectivity index (χ4v) is 11.3. The smallest absolute Gasteiger partial charge is 0.164 e. The molecule has 0 fully saturated rings. The first-order valence-corrected chi connectivity index (χ1v) is 27.1. The number of benzene rings is 11. The number of aryl methyl sites for hydroxylation is 1. The Morgan fingerprint density at radius 2 is 0.595 bits per heavy atom. The summed E-state index contributed by atoms with van der Waals surface area (Å²) >= 11 is 0. The number of hydrogen-bond donors (Lipinski definition) is 0. The molecule has 0 amide bonds. The molecular weight excluding hydrogens is 957 g/mol. The number of aromatic nitrogens is 4. The van der Waals surface area contributed by atoms with E-state index in [1.54, 1.807) is 0 Å². The van der Waals surface area contributed by atoms with Crippen LogP contribution < -0.4 is 0 Å². The zero-order chi connectivity index (χ0) is 52.5. The molecule has 0 atom stereocenters. The van der Waals surface area contributed by atoms with Crippen LogP contribution >= 0.6 is 0 Å². The summed E-state index contributed by atoms with van der Waals surface area (Å²) in [6, 6.07) is 99.7. The average Bonchev–Trinajstić information content (AvgIpc) is 3.93. The van der Waals surface area contributed by atoms with Crippen molar-refractivity contribution in [2.75, 3.05) is 0 Å². The summed E-state index contributed by atoms with van der Waals surface area (Å²) < 4.78 is 2.39. The number of allylic oxidation sites excluding steroid dienone is 1. The van der Waals surface area contributed by atoms with Gasteiger partial charge in [-0.1, -0.05) is 231 Å². The van der Waals surface area contributed by atoms with E-state index >= 15 is 0 Å². The predicted octanol–water partition coefficient (Wildman–Crippen LogP) is 19.4. The second-order valence-corrected chi connectivity index (χ2v) is 20.3. The molecule has 2 heterocycles. The Labute approximate surface area is 461 Å². The molecule has 0 saturated carbocycles. The largest absolute Gasteiger partial charge is 0.310 e. The molecule has 0 saturated heterocycles. The van der Waals surface area contributed by atoms with Gasteiger partial charge in [-0.15, -0.1) is 0 Å². The Kier molecular flexibility index (Phi) is 12.4. The van der Waals surface area contributed by atoms with Crippen molar-refractivity contribution < 1.29 is 0 Å². The Morgan fingerprint density at radius 1 is 0.266 bits per heavy atom. The van der Waals surface area contributed by atoms with Crippen molar-refractivity contribution in [2.24, 2.45) is 0 Å². The molecule has 0 radical (unpaired) electrons. The third kappa shape index (κ3) is 9.47. The first kappa shape index (κ1) is 47.2. The molecule has 372 valence electrons. The van der Waals surface area contributed by atoms with Gasteiger partial charge in [0.25, 0.3) is 0 Å². The van der Waals surface area contributed by atoms with Gasteiger partial charge >= 0.3 is 0 Å². The van der Waals surface area contributed by atoms with E-state index < -0.39 is 0 Å². The van der Waals surface area contributed by atoms with Crippen molar-refractivity contribution >= 4 is 17.0 Å². The van der Waals surface area contributed by atoms with E-state index in [4.69, 9.17) is 15.0 Å². The van der Waals surface area contributed by atoms with Gasteiger partial charge in [0.2, 0.25) is 0 Å². The molecule has 0 unspecified atom stereocenters. The van der Waals surface area contributed by atoms with Crippen molar-refractivity contribution in [3.05, 3.63) is 296 Å². The third-order valence-corrected chi connectivity index (χ3v) is 15.3. The van der Waals surface area contributed by atoms with Gasteiger partial charge in [-0.3, -0.25) is 0 Å². The van der Waals surface area contributed by atoms with E-state index in [0.29, 0.717) is 17.5 Å². The molecule has 0 spiro atoms. The van der Waals surface area contributed by atoms with Crippen molar-refractivity contribution in [3.63, 3.8) is 0 Å². The van der Waals surface area contributed by atoms with Crippen LogP contribution in [0.4, 0.5) is 0 Å². The Bertz CT molecular complexity index is 4420. The summed E-state index contributed by atoms with van der Waals surface area (Å²) in [5.41, 5.74) is 23.9. The van der Waals surface area contributed by atoms with Crippen molar-refractivity contribution in [1.82, 2.24) is 19.5 Å². The lowest BCUT2D eigenvalue weighted by Gasteiger charge is -2.14. The monoisotopic (exact) mass is 1010 g/mol. The number of para-hydroxylation sites is 1. The number of fused-ring (bicyclic) bond motifs is 3. The van der Waals surface area contributed by atoms with Crippen LogP contribution in [0.15, 0.2) is 285 Å². The maximum absolute atomic E-state index is 5.31. The number of nitrogens with zero attached hydrogens (tertiary/aromatic N) is 4. The second kappa shape index (κ2) is 20.7. The van der Waals surface area contributed by atoms with E-state index in [-0.39, 0.29) is 0 Å². The average molecular weight is 1010 g/mol. The molecule has 79 heavy (non-hydrogen) atoms. The molecule has 0 N–H and O–H groups in total. The van der Waals surface area contributed by atoms with E-state index in [1.807, 2.05) is 0 Å². The van der Waals surface area contributed by atoms with Gasteiger partial charge in [-0.2, -0.15) is 0 Å². The molecule has 4 heteroatoms. The second-order valence-electron chi connectivity index (χ2n) is 20.3. The van der Waals surface area contributed by atoms with Crippen LogP contribution in [-0.4, -0.2) is 19.5 Å². The zero-order valence-corrected chi connectivity index (χ0v) is 43.4. The van der Waals surface area contributed by atoms with Crippen LogP contribution in [0.1, 0.15) is 17.7 Å². The molecule has 1 aliphatic rings. The van der Waals surface area contributed by atoms with E-state index in [1.165, 1.54) is 66.7 Å². The van der Waals surface area contributed by atoms with Gasteiger partial charge in [0.1, 0.15) is 0 Å². The maximum Gasteiger partial charge on any atom is 0.164 e. The van der Waals surface area contributed by atoms with Gasteiger partial charge in [-0.05, 0) is 157 Å². The van der Waals surface area contributed by atoms with Gasteiger partial charge < -0.3 is 4.57 Å². The van der Waals surface area contributed by atoms with Crippen LogP contribution in [0, 0.1) is 0 Å². The molecular formula is C75H52N4. The normalized spacial score (nSPS) is 11.9. The summed E-state index contributed by atoms with van der Waals surface area (Å²) in [5, 5.41) is 1.30. The topological polar surface area (TPSA) is 43.6 Å². The molecule has 0 aliphatic heterocycles. The fraction of sp³-hybridized carbons (Fsp3) is 0.0267. The summed E-state index contributed by atoms with van der Waals surface area (Å²) in [6.45, 7) is 0. The molecule has 1 aliphatic carbocycles. The highest BCUT2D eigenvalue weighted by Crippen LogP contribution is 2.38. The Hall–Kier alpha value is -10.3. The lowest BCUT2D eigenvalue weighted by molar-refractivity contribution is 0.967. The summed E-state index contributed by atoms with van der Waals surface area (Å²) in [6.07, 6.45) is 6.63. The van der Waals surface area contributed by atoms with Crippen LogP contribution in [0.2, 0.25) is 0 Å². The van der Waals surface area contributed by atoms with Crippen LogP contribution in [0.3, 0.4) is 0 Å². The molecule has 13 aromatic rings. The highest BCUT2D eigenvalue weighted by Gasteiger charge is 2.20. The number of hydrogen-bond acceptors (Lipinski definition) is 3. The van der Waals surface area contributed by atoms with Crippen LogP contribution in [0.25, 0.3) is 135 Å². The molecule has 4 nitrogen and oxygen atoms in total. The van der Waals surface area contributed by atoms with E-state index in [2.05, 4.69) is 296 Å². The van der Waals surface area contributed by atoms with Crippen LogP contribution in [-0.2, 0) is 6.42 Å². The first-order chi connectivity index (χ1) is 39.1. The van der Waals surface area contributed by atoms with Crippen molar-refractivity contribution in [2.45, 2.75) is 12.8 Å². The fourth-order valence-electron chi connectivity index (χ4n) is 11.3. The minimum atomic E-state index is 0.608. The molecule has 11 aromatic carbocycles. The lowest BCUT2D eigenvalue weighted by atomic mass is 9.94. The third-order valence-electron chi connectivity index (χ3n) is 15.3. The zero-order valence-electron chi connectivity index (χ0n) is 43.4. The van der Waals surface area contributed by atoms with Crippen molar-refractivity contribution in [1.29, 1.82) is 0 Å². The van der Waals surface area contributed by atoms with E-state index in [9.17, 15) is 0 Å². The first-order valence-electron chi connectivity index (χ1n) is 27.1. The van der Waals surface area contributed by atoms with Gasteiger partial charge in [0, 0.05) is 33.5 Å². The summed E-state index contributed by atoms with van der Waals surface area (Å²) in [4.78, 5) is 15.9. The lowest BCUT2D eigenvalue weighted by Crippen LogP contribution is -2.02. The van der Waals surface area contributed by atoms with Gasteiger partial charge in [0.15, 0.2) is 17.5 Å². The van der Waals surface area contributed by atoms with Gasteiger partial charge in [0.05, 0.1) is 5.52 Å². The number of rotatable bonds is 11. The van der Waals surface area contributed by atoms with E-state index in [0.717, 1.165) is 68.6 Å².